The number of nitrogens with zero attached hydrogens (tertiary/aromatic N) is 2. The zero-order valence-corrected chi connectivity index (χ0v) is 15.8. The quantitative estimate of drug-likeness (QED) is 0.681. The Bertz CT molecular complexity index is 1080. The molecule has 27 heavy (non-hydrogen) atoms. The zero-order valence-electron chi connectivity index (χ0n) is 15.8. The van der Waals surface area contributed by atoms with E-state index in [1.807, 2.05) is 6.92 Å². The van der Waals surface area contributed by atoms with Crippen molar-refractivity contribution in [3.8, 4) is 5.75 Å². The van der Waals surface area contributed by atoms with Gasteiger partial charge in [-0.1, -0.05) is 13.8 Å². The number of phenols is 1. The number of likely N-dealkylation sites (N-methyl/N-ethyl adjacent to an activating group) is 1. The number of imide groups is 1. The number of nitrogens with one attached hydrogen (secondary N) is 1. The minimum atomic E-state index is -0.253. The molecule has 2 heterocycles. The maximum absolute atomic E-state index is 13.2. The van der Waals surface area contributed by atoms with Gasteiger partial charge in [0.1, 0.15) is 5.75 Å². The molecular weight excluding hydrogens is 342 g/mol. The lowest BCUT2D eigenvalue weighted by atomic mass is 9.99. The van der Waals surface area contributed by atoms with E-state index in [9.17, 15) is 14.7 Å². The second-order valence-corrected chi connectivity index (χ2v) is 7.01. The van der Waals surface area contributed by atoms with Gasteiger partial charge in [0.15, 0.2) is 0 Å². The van der Waals surface area contributed by atoms with Gasteiger partial charge in [0.05, 0.1) is 16.6 Å². The molecule has 2 N–H and O–H groups in total. The van der Waals surface area contributed by atoms with Crippen molar-refractivity contribution in [2.75, 3.05) is 26.2 Å². The lowest BCUT2D eigenvalue weighted by Gasteiger charge is -2.21. The molecule has 0 aliphatic carbocycles. The number of hydrogen-bond acceptors (Lipinski definition) is 4. The molecule has 1 aliphatic rings. The highest BCUT2D eigenvalue weighted by Gasteiger charge is 2.38. The minimum absolute atomic E-state index is 0.133. The maximum Gasteiger partial charge on any atom is 0.262 e. The molecule has 0 radical (unpaired) electrons. The van der Waals surface area contributed by atoms with E-state index in [0.717, 1.165) is 40.5 Å². The molecule has 2 amide bonds. The summed E-state index contributed by atoms with van der Waals surface area (Å²) in [6.07, 6.45) is 0. The summed E-state index contributed by atoms with van der Waals surface area (Å²) in [7, 11) is 0. The molecule has 0 saturated carbocycles. The van der Waals surface area contributed by atoms with E-state index < -0.39 is 0 Å². The van der Waals surface area contributed by atoms with Crippen molar-refractivity contribution in [2.24, 2.45) is 0 Å². The number of hydrogen-bond donors (Lipinski definition) is 2. The summed E-state index contributed by atoms with van der Waals surface area (Å²) in [5.74, 6) is -0.355. The second-order valence-electron chi connectivity index (χ2n) is 7.01. The molecule has 4 rings (SSSR count). The van der Waals surface area contributed by atoms with Crippen LogP contribution in [0.25, 0.3) is 21.8 Å². The van der Waals surface area contributed by atoms with Gasteiger partial charge in [-0.2, -0.15) is 0 Å². The first kappa shape index (κ1) is 17.5. The number of amides is 2. The fourth-order valence-corrected chi connectivity index (χ4v) is 3.98. The Hall–Kier alpha value is -2.86. The average Bonchev–Trinajstić information content (AvgIpc) is 3.13. The third kappa shape index (κ3) is 2.59. The second kappa shape index (κ2) is 6.39. The Kier molecular flexibility index (Phi) is 4.15. The van der Waals surface area contributed by atoms with Crippen molar-refractivity contribution in [3.63, 3.8) is 0 Å². The van der Waals surface area contributed by atoms with Crippen LogP contribution in [0.5, 0.6) is 5.75 Å². The SMILES string of the molecule is CCN(CC)CCN1C(=O)c2cc(C)c3[nH]c4ccc(O)cc4c3c2C1=O. The van der Waals surface area contributed by atoms with Crippen LogP contribution in [0.1, 0.15) is 40.1 Å². The largest absolute Gasteiger partial charge is 0.508 e. The fraction of sp³-hybridized carbons (Fsp3) is 0.333. The highest BCUT2D eigenvalue weighted by atomic mass is 16.3. The highest BCUT2D eigenvalue weighted by molar-refractivity contribution is 6.30. The number of aryl methyl sites for hydroxylation is 1. The molecule has 2 aromatic carbocycles. The number of H-pyrrole nitrogens is 1. The van der Waals surface area contributed by atoms with Crippen LogP contribution in [-0.4, -0.2) is 57.9 Å². The lowest BCUT2D eigenvalue weighted by molar-refractivity contribution is 0.0638. The third-order valence-electron chi connectivity index (χ3n) is 5.53. The maximum atomic E-state index is 13.2. The van der Waals surface area contributed by atoms with Crippen LogP contribution >= 0.6 is 0 Å². The summed E-state index contributed by atoms with van der Waals surface area (Å²) in [5, 5.41) is 11.4. The van der Waals surface area contributed by atoms with Gasteiger partial charge in [0.25, 0.3) is 11.8 Å². The first-order valence-corrected chi connectivity index (χ1v) is 9.32. The van der Waals surface area contributed by atoms with Crippen molar-refractivity contribution >= 4 is 33.6 Å². The number of benzene rings is 2. The van der Waals surface area contributed by atoms with E-state index >= 15 is 0 Å². The molecule has 0 atom stereocenters. The lowest BCUT2D eigenvalue weighted by Crippen LogP contribution is -2.38. The van der Waals surface area contributed by atoms with E-state index in [-0.39, 0.29) is 17.6 Å². The van der Waals surface area contributed by atoms with Crippen molar-refractivity contribution < 1.29 is 14.7 Å². The highest BCUT2D eigenvalue weighted by Crippen LogP contribution is 2.38. The van der Waals surface area contributed by atoms with E-state index in [1.54, 1.807) is 24.3 Å². The number of aromatic amines is 1. The Morgan fingerprint density at radius 3 is 2.56 bits per heavy atom. The van der Waals surface area contributed by atoms with E-state index in [1.165, 1.54) is 4.90 Å². The van der Waals surface area contributed by atoms with Gasteiger partial charge in [-0.25, -0.2) is 0 Å². The molecule has 3 aromatic rings. The van der Waals surface area contributed by atoms with Crippen LogP contribution in [0.3, 0.4) is 0 Å². The molecule has 0 saturated heterocycles. The summed E-state index contributed by atoms with van der Waals surface area (Å²) in [6, 6.07) is 6.83. The summed E-state index contributed by atoms with van der Waals surface area (Å²) >= 11 is 0. The molecule has 140 valence electrons. The van der Waals surface area contributed by atoms with E-state index in [2.05, 4.69) is 23.7 Å². The smallest absolute Gasteiger partial charge is 0.262 e. The van der Waals surface area contributed by atoms with Gasteiger partial charge in [-0.05, 0) is 49.8 Å². The van der Waals surface area contributed by atoms with Gasteiger partial charge in [0.2, 0.25) is 0 Å². The fourth-order valence-electron chi connectivity index (χ4n) is 3.98. The number of phenolic OH excluding ortho intramolecular Hbond substituents is 1. The molecule has 6 heteroatoms. The summed E-state index contributed by atoms with van der Waals surface area (Å²) in [6.45, 7) is 8.86. The Morgan fingerprint density at radius 2 is 1.85 bits per heavy atom. The number of aromatic nitrogens is 1. The molecule has 0 spiro atoms. The van der Waals surface area contributed by atoms with Crippen molar-refractivity contribution in [3.05, 3.63) is 41.0 Å². The summed E-state index contributed by atoms with van der Waals surface area (Å²) < 4.78 is 0. The van der Waals surface area contributed by atoms with Crippen molar-refractivity contribution in [1.82, 2.24) is 14.8 Å². The predicted octanol–water partition coefficient (Wildman–Crippen LogP) is 3.27. The first-order valence-electron chi connectivity index (χ1n) is 9.32. The van der Waals surface area contributed by atoms with E-state index in [4.69, 9.17) is 0 Å². The van der Waals surface area contributed by atoms with Crippen LogP contribution in [-0.2, 0) is 0 Å². The zero-order chi connectivity index (χ0) is 19.3. The number of carbonyl (C=O) groups excluding carboxylic acids is 2. The van der Waals surface area contributed by atoms with Gasteiger partial charge >= 0.3 is 0 Å². The Morgan fingerprint density at radius 1 is 1.11 bits per heavy atom. The summed E-state index contributed by atoms with van der Waals surface area (Å²) in [5.41, 5.74) is 3.47. The molecule has 0 unspecified atom stereocenters. The minimum Gasteiger partial charge on any atom is -0.508 e. The monoisotopic (exact) mass is 365 g/mol. The van der Waals surface area contributed by atoms with Crippen LogP contribution < -0.4 is 0 Å². The number of rotatable bonds is 5. The number of aromatic hydroxyl groups is 1. The predicted molar refractivity (Wildman–Crippen MR) is 105 cm³/mol. The van der Waals surface area contributed by atoms with E-state index in [0.29, 0.717) is 24.2 Å². The average molecular weight is 365 g/mol. The first-order chi connectivity index (χ1) is 13.0. The molecule has 0 fully saturated rings. The number of fused-ring (bicyclic) bond motifs is 5. The Balaban J connectivity index is 1.86. The topological polar surface area (TPSA) is 76.6 Å². The molecular formula is C21H23N3O3. The van der Waals surface area contributed by atoms with Gasteiger partial charge in [0, 0.05) is 29.4 Å². The standard InChI is InChI=1S/C21H23N3O3/c1-4-23(5-2)8-9-24-20(26)15-10-12(3)19-17(18(15)21(24)27)14-11-13(25)6-7-16(14)22-19/h6-7,10-11,22,25H,4-5,8-9H2,1-3H3. The van der Waals surface area contributed by atoms with Crippen LogP contribution in [0.4, 0.5) is 0 Å². The normalized spacial score (nSPS) is 14.1. The van der Waals surface area contributed by atoms with Gasteiger partial charge in [-0.3, -0.25) is 14.5 Å². The van der Waals surface area contributed by atoms with Crippen molar-refractivity contribution in [1.29, 1.82) is 0 Å². The van der Waals surface area contributed by atoms with Crippen molar-refractivity contribution in [2.45, 2.75) is 20.8 Å². The summed E-state index contributed by atoms with van der Waals surface area (Å²) in [4.78, 5) is 33.0. The van der Waals surface area contributed by atoms with Crippen LogP contribution in [0.2, 0.25) is 0 Å². The van der Waals surface area contributed by atoms with Gasteiger partial charge in [-0.15, -0.1) is 0 Å². The molecule has 6 nitrogen and oxygen atoms in total. The number of carbonyl (C=O) groups is 2. The van der Waals surface area contributed by atoms with Gasteiger partial charge < -0.3 is 15.0 Å². The van der Waals surface area contributed by atoms with Crippen LogP contribution in [0, 0.1) is 6.92 Å². The molecule has 1 aromatic heterocycles. The molecule has 0 bridgehead atoms. The Labute approximate surface area is 157 Å². The van der Waals surface area contributed by atoms with Crippen LogP contribution in [0.15, 0.2) is 24.3 Å². The molecule has 1 aliphatic heterocycles. The third-order valence-corrected chi connectivity index (χ3v) is 5.53.